The molecule has 0 aromatic heterocycles. The first-order valence-electron chi connectivity index (χ1n) is 6.14. The van der Waals surface area contributed by atoms with E-state index in [1.807, 2.05) is 30.5 Å². The molecule has 0 amide bonds. The Hall–Kier alpha value is -1.04. The van der Waals surface area contributed by atoms with Crippen LogP contribution in [0.3, 0.4) is 0 Å². The van der Waals surface area contributed by atoms with E-state index in [4.69, 9.17) is 5.73 Å². The molecule has 0 spiro atoms. The molecule has 1 heterocycles. The zero-order chi connectivity index (χ0) is 14.2. The molecular formula is C13H17F3N2S. The molecule has 19 heavy (non-hydrogen) atoms. The molecule has 0 radical (unpaired) electrons. The number of hydrogen-bond donors (Lipinski definition) is 1. The van der Waals surface area contributed by atoms with Crippen molar-refractivity contribution in [3.63, 3.8) is 0 Å². The van der Waals surface area contributed by atoms with Gasteiger partial charge in [0.15, 0.2) is 0 Å². The lowest BCUT2D eigenvalue weighted by Crippen LogP contribution is -2.41. The van der Waals surface area contributed by atoms with Crippen LogP contribution in [-0.2, 0) is 6.18 Å². The number of nitrogens with zero attached hydrogens (tertiary/aromatic N) is 1. The highest BCUT2D eigenvalue weighted by Gasteiger charge is 2.36. The predicted molar refractivity (Wildman–Crippen MR) is 74.6 cm³/mol. The average molecular weight is 290 g/mol. The molecule has 0 bridgehead atoms. The molecule has 6 heteroatoms. The van der Waals surface area contributed by atoms with Gasteiger partial charge < -0.3 is 10.6 Å². The minimum Gasteiger partial charge on any atom is -0.399 e. The van der Waals surface area contributed by atoms with E-state index in [0.717, 1.165) is 6.07 Å². The Bertz CT molecular complexity index is 452. The summed E-state index contributed by atoms with van der Waals surface area (Å²) in [5, 5.41) is 0.643. The molecule has 2 rings (SSSR count). The quantitative estimate of drug-likeness (QED) is 0.801. The molecule has 1 aromatic rings. The van der Waals surface area contributed by atoms with Gasteiger partial charge in [-0.25, -0.2) is 0 Å². The Morgan fingerprint density at radius 3 is 2.32 bits per heavy atom. The lowest BCUT2D eigenvalue weighted by molar-refractivity contribution is -0.137. The molecule has 2 unspecified atom stereocenters. The molecule has 2 nitrogen and oxygen atoms in total. The Balaban J connectivity index is 2.39. The zero-order valence-corrected chi connectivity index (χ0v) is 11.7. The Labute approximate surface area is 115 Å². The highest BCUT2D eigenvalue weighted by Crippen LogP contribution is 2.39. The third-order valence-electron chi connectivity index (χ3n) is 3.09. The van der Waals surface area contributed by atoms with Crippen LogP contribution >= 0.6 is 11.8 Å². The van der Waals surface area contributed by atoms with Crippen molar-refractivity contribution in [2.24, 2.45) is 0 Å². The maximum Gasteiger partial charge on any atom is 0.418 e. The highest BCUT2D eigenvalue weighted by molar-refractivity contribution is 8.00. The topological polar surface area (TPSA) is 29.3 Å². The van der Waals surface area contributed by atoms with E-state index in [9.17, 15) is 13.2 Å². The van der Waals surface area contributed by atoms with Gasteiger partial charge in [-0.3, -0.25) is 0 Å². The van der Waals surface area contributed by atoms with Gasteiger partial charge in [-0.2, -0.15) is 24.9 Å². The van der Waals surface area contributed by atoms with Crippen molar-refractivity contribution >= 4 is 23.1 Å². The van der Waals surface area contributed by atoms with Crippen LogP contribution in [0.4, 0.5) is 24.5 Å². The number of benzene rings is 1. The van der Waals surface area contributed by atoms with E-state index in [1.54, 1.807) is 0 Å². The second-order valence-electron chi connectivity index (χ2n) is 4.94. The van der Waals surface area contributed by atoms with Crippen molar-refractivity contribution in [3.8, 4) is 0 Å². The number of hydrogen-bond acceptors (Lipinski definition) is 3. The first-order valence-corrected chi connectivity index (χ1v) is 7.09. The number of alkyl halides is 3. The van der Waals surface area contributed by atoms with Gasteiger partial charge in [0, 0.05) is 35.0 Å². The van der Waals surface area contributed by atoms with E-state index in [0.29, 0.717) is 23.6 Å². The summed E-state index contributed by atoms with van der Waals surface area (Å²) in [7, 11) is 0. The first kappa shape index (κ1) is 14.4. The van der Waals surface area contributed by atoms with Gasteiger partial charge in [-0.05, 0) is 18.2 Å². The van der Waals surface area contributed by atoms with Crippen LogP contribution < -0.4 is 10.6 Å². The fraction of sp³-hybridized carbons (Fsp3) is 0.538. The minimum absolute atomic E-state index is 0.142. The van der Waals surface area contributed by atoms with Crippen LogP contribution in [0.1, 0.15) is 19.4 Å². The summed E-state index contributed by atoms with van der Waals surface area (Å²) < 4.78 is 39.3. The largest absolute Gasteiger partial charge is 0.418 e. The van der Waals surface area contributed by atoms with Crippen molar-refractivity contribution in [3.05, 3.63) is 23.8 Å². The third kappa shape index (κ3) is 3.29. The Morgan fingerprint density at radius 2 is 1.79 bits per heavy atom. The van der Waals surface area contributed by atoms with Gasteiger partial charge in [-0.1, -0.05) is 13.8 Å². The van der Waals surface area contributed by atoms with Crippen molar-refractivity contribution < 1.29 is 13.2 Å². The van der Waals surface area contributed by atoms with Gasteiger partial charge in [0.25, 0.3) is 0 Å². The third-order valence-corrected chi connectivity index (χ3v) is 4.31. The number of thioether (sulfide) groups is 1. The van der Waals surface area contributed by atoms with Gasteiger partial charge in [-0.15, -0.1) is 0 Å². The average Bonchev–Trinajstić information content (AvgIpc) is 2.26. The summed E-state index contributed by atoms with van der Waals surface area (Å²) in [5.41, 5.74) is 5.22. The summed E-state index contributed by atoms with van der Waals surface area (Å²) in [6, 6.07) is 4.03. The molecule has 1 aliphatic rings. The number of nitrogens with two attached hydrogens (primary N) is 1. The lowest BCUT2D eigenvalue weighted by atomic mass is 10.1. The molecule has 106 valence electrons. The minimum atomic E-state index is -4.37. The number of rotatable bonds is 1. The molecule has 2 atom stereocenters. The predicted octanol–water partition coefficient (Wildman–Crippen LogP) is 3.62. The van der Waals surface area contributed by atoms with E-state index >= 15 is 0 Å². The number of anilines is 2. The molecule has 1 fully saturated rings. The zero-order valence-electron chi connectivity index (χ0n) is 10.9. The van der Waals surface area contributed by atoms with Crippen LogP contribution in [0.25, 0.3) is 0 Å². The van der Waals surface area contributed by atoms with Crippen molar-refractivity contribution in [1.82, 2.24) is 0 Å². The second-order valence-corrected chi connectivity index (χ2v) is 6.82. The van der Waals surface area contributed by atoms with E-state index < -0.39 is 11.7 Å². The molecule has 0 aliphatic carbocycles. The summed E-state index contributed by atoms with van der Waals surface area (Å²) in [4.78, 5) is 1.81. The van der Waals surface area contributed by atoms with E-state index in [1.165, 1.54) is 12.1 Å². The molecule has 1 saturated heterocycles. The molecule has 2 N–H and O–H groups in total. The van der Waals surface area contributed by atoms with E-state index in [-0.39, 0.29) is 11.4 Å². The van der Waals surface area contributed by atoms with Gasteiger partial charge in [0.2, 0.25) is 0 Å². The summed E-state index contributed by atoms with van der Waals surface area (Å²) in [5.74, 6) is 0. The fourth-order valence-corrected chi connectivity index (χ4v) is 3.76. The monoisotopic (exact) mass is 290 g/mol. The lowest BCUT2D eigenvalue weighted by Gasteiger charge is -2.37. The van der Waals surface area contributed by atoms with Crippen LogP contribution in [0.15, 0.2) is 18.2 Å². The van der Waals surface area contributed by atoms with Crippen molar-refractivity contribution in [2.45, 2.75) is 30.5 Å². The molecule has 1 aliphatic heterocycles. The second kappa shape index (κ2) is 5.15. The van der Waals surface area contributed by atoms with Crippen LogP contribution in [0.5, 0.6) is 0 Å². The summed E-state index contributed by atoms with van der Waals surface area (Å²) in [6.45, 7) is 5.33. The standard InChI is InChI=1S/C13H17F3N2S/c1-8-6-18(7-9(2)19-8)12-4-3-10(17)5-11(12)13(14,15)16/h3-5,8-9H,6-7,17H2,1-2H3. The Kier molecular flexibility index (Phi) is 3.90. The normalized spacial score (nSPS) is 24.6. The van der Waals surface area contributed by atoms with Crippen molar-refractivity contribution in [1.29, 1.82) is 0 Å². The maximum absolute atomic E-state index is 13.1. The summed E-state index contributed by atoms with van der Waals surface area (Å²) >= 11 is 1.81. The Morgan fingerprint density at radius 1 is 1.21 bits per heavy atom. The van der Waals surface area contributed by atoms with Gasteiger partial charge >= 0.3 is 6.18 Å². The number of halogens is 3. The smallest absolute Gasteiger partial charge is 0.399 e. The SMILES string of the molecule is CC1CN(c2ccc(N)cc2C(F)(F)F)CC(C)S1. The molecule has 1 aromatic carbocycles. The fourth-order valence-electron chi connectivity index (χ4n) is 2.43. The first-order chi connectivity index (χ1) is 8.77. The van der Waals surface area contributed by atoms with Crippen molar-refractivity contribution in [2.75, 3.05) is 23.7 Å². The van der Waals surface area contributed by atoms with E-state index in [2.05, 4.69) is 0 Å². The molecular weight excluding hydrogens is 273 g/mol. The van der Waals surface area contributed by atoms with Crippen LogP contribution in [0, 0.1) is 0 Å². The highest BCUT2D eigenvalue weighted by atomic mass is 32.2. The maximum atomic E-state index is 13.1. The van der Waals surface area contributed by atoms with Crippen LogP contribution in [0.2, 0.25) is 0 Å². The molecule has 0 saturated carbocycles. The van der Waals surface area contributed by atoms with Gasteiger partial charge in [0.1, 0.15) is 0 Å². The van der Waals surface area contributed by atoms with Gasteiger partial charge in [0.05, 0.1) is 5.56 Å². The van der Waals surface area contributed by atoms with Crippen LogP contribution in [-0.4, -0.2) is 23.6 Å². The number of nitrogen functional groups attached to an aromatic ring is 1. The summed E-state index contributed by atoms with van der Waals surface area (Å²) in [6.07, 6.45) is -4.37.